The first-order valence-electron chi connectivity index (χ1n) is 8.61. The largest absolute Gasteiger partial charge is 0.397 e. The lowest BCUT2D eigenvalue weighted by Gasteiger charge is -2.25. The maximum atomic E-state index is 12.9. The fourth-order valence-corrected chi connectivity index (χ4v) is 3.72. The number of rotatable bonds is 5. The molecule has 11 heteroatoms. The fourth-order valence-electron chi connectivity index (χ4n) is 2.91. The van der Waals surface area contributed by atoms with Crippen molar-refractivity contribution in [3.8, 4) is 0 Å². The van der Waals surface area contributed by atoms with Gasteiger partial charge in [-0.2, -0.15) is 13.2 Å². The summed E-state index contributed by atoms with van der Waals surface area (Å²) in [5.41, 5.74) is 6.38. The van der Waals surface area contributed by atoms with Gasteiger partial charge < -0.3 is 10.6 Å². The topological polar surface area (TPSA) is 106 Å². The lowest BCUT2D eigenvalue weighted by atomic mass is 10.1. The van der Waals surface area contributed by atoms with Crippen molar-refractivity contribution in [1.82, 2.24) is 9.97 Å². The number of anilines is 2. The zero-order valence-corrected chi connectivity index (χ0v) is 16.5. The summed E-state index contributed by atoms with van der Waals surface area (Å²) in [4.78, 5) is 21.2. The summed E-state index contributed by atoms with van der Waals surface area (Å²) in [7, 11) is -3.90. The zero-order valence-electron chi connectivity index (χ0n) is 15.7. The van der Waals surface area contributed by atoms with Crippen LogP contribution in [0.1, 0.15) is 12.0 Å². The van der Waals surface area contributed by atoms with Crippen molar-refractivity contribution < 1.29 is 26.4 Å². The molecule has 0 spiro atoms. The minimum atomic E-state index is -4.76. The number of nitrogens with two attached hydrogens (primary N) is 1. The second kappa shape index (κ2) is 7.90. The third-order valence-corrected chi connectivity index (χ3v) is 5.18. The van der Waals surface area contributed by atoms with E-state index >= 15 is 0 Å². The third kappa shape index (κ3) is 5.03. The molecule has 3 rings (SSSR count). The fraction of sp³-hybridized carbons (Fsp3) is 0.211. The first-order valence-corrected chi connectivity index (χ1v) is 10.5. The van der Waals surface area contributed by atoms with Crippen molar-refractivity contribution in [2.24, 2.45) is 0 Å². The van der Waals surface area contributed by atoms with Gasteiger partial charge in [0, 0.05) is 17.8 Å². The second-order valence-corrected chi connectivity index (χ2v) is 8.57. The van der Waals surface area contributed by atoms with Crippen LogP contribution in [0.2, 0.25) is 0 Å². The standard InChI is InChI=1S/C19H17F3N4O3S/c1-30(28,29)18-15(3-2-8-24-18)26(17(27)10-19(20,21)22)11-12-4-5-13-6-7-16(23)25-14(13)9-12/h2-9H,10-11H2,1H3,(H2,23,25). The molecule has 0 saturated carbocycles. The molecule has 1 aromatic carbocycles. The van der Waals surface area contributed by atoms with Crippen molar-refractivity contribution in [2.45, 2.75) is 24.2 Å². The molecule has 0 saturated heterocycles. The maximum Gasteiger partial charge on any atom is 0.397 e. The van der Waals surface area contributed by atoms with E-state index in [2.05, 4.69) is 9.97 Å². The quantitative estimate of drug-likeness (QED) is 0.656. The number of hydrogen-bond donors (Lipinski definition) is 1. The van der Waals surface area contributed by atoms with Crippen molar-refractivity contribution in [3.63, 3.8) is 0 Å². The molecule has 0 aliphatic rings. The number of carbonyl (C=O) groups is 1. The summed E-state index contributed by atoms with van der Waals surface area (Å²) in [6.07, 6.45) is -4.45. The number of carbonyl (C=O) groups excluding carboxylic acids is 1. The van der Waals surface area contributed by atoms with E-state index in [0.717, 1.165) is 16.5 Å². The van der Waals surface area contributed by atoms with E-state index in [4.69, 9.17) is 5.73 Å². The smallest absolute Gasteiger partial charge is 0.384 e. The number of nitrogens with zero attached hydrogens (tertiary/aromatic N) is 3. The molecule has 2 heterocycles. The zero-order chi connectivity index (χ0) is 22.1. The van der Waals surface area contributed by atoms with E-state index in [1.54, 1.807) is 30.3 Å². The van der Waals surface area contributed by atoms with Crippen molar-refractivity contribution in [1.29, 1.82) is 0 Å². The van der Waals surface area contributed by atoms with Gasteiger partial charge in [-0.15, -0.1) is 0 Å². The normalized spacial score (nSPS) is 12.1. The lowest BCUT2D eigenvalue weighted by molar-refractivity contribution is -0.152. The molecule has 158 valence electrons. The molecule has 2 N–H and O–H groups in total. The first kappa shape index (κ1) is 21.5. The molecule has 0 aliphatic carbocycles. The van der Waals surface area contributed by atoms with Crippen LogP contribution in [0.5, 0.6) is 0 Å². The van der Waals surface area contributed by atoms with Crippen molar-refractivity contribution in [2.75, 3.05) is 16.9 Å². The van der Waals surface area contributed by atoms with Gasteiger partial charge in [0.2, 0.25) is 5.91 Å². The summed E-state index contributed by atoms with van der Waals surface area (Å²) >= 11 is 0. The summed E-state index contributed by atoms with van der Waals surface area (Å²) in [5.74, 6) is -1.04. The predicted molar refractivity (Wildman–Crippen MR) is 105 cm³/mol. The Morgan fingerprint density at radius 1 is 1.17 bits per heavy atom. The van der Waals surface area contributed by atoms with Crippen LogP contribution in [0.15, 0.2) is 53.7 Å². The molecule has 30 heavy (non-hydrogen) atoms. The number of hydrogen-bond acceptors (Lipinski definition) is 6. The number of pyridine rings is 2. The molecule has 1 amide bonds. The van der Waals surface area contributed by atoms with Gasteiger partial charge in [0.25, 0.3) is 0 Å². The van der Waals surface area contributed by atoms with Gasteiger partial charge in [-0.05, 0) is 35.9 Å². The molecule has 0 radical (unpaired) electrons. The van der Waals surface area contributed by atoms with Crippen LogP contribution in [0, 0.1) is 0 Å². The predicted octanol–water partition coefficient (Wildman–Crippen LogP) is 3.10. The Kier molecular flexibility index (Phi) is 5.66. The Morgan fingerprint density at radius 3 is 2.53 bits per heavy atom. The first-order chi connectivity index (χ1) is 13.9. The molecule has 7 nitrogen and oxygen atoms in total. The molecular formula is C19H17F3N4O3S. The number of aromatic nitrogens is 2. The molecular weight excluding hydrogens is 421 g/mol. The van der Waals surface area contributed by atoms with Crippen LogP contribution >= 0.6 is 0 Å². The van der Waals surface area contributed by atoms with Crippen LogP contribution in [0.3, 0.4) is 0 Å². The van der Waals surface area contributed by atoms with E-state index in [0.29, 0.717) is 11.1 Å². The van der Waals surface area contributed by atoms with E-state index in [9.17, 15) is 26.4 Å². The number of sulfone groups is 1. The molecule has 0 bridgehead atoms. The van der Waals surface area contributed by atoms with Crippen molar-refractivity contribution >= 4 is 38.2 Å². The Labute approximate surface area is 170 Å². The van der Waals surface area contributed by atoms with E-state index < -0.39 is 33.4 Å². The molecule has 0 fully saturated rings. The van der Waals surface area contributed by atoms with Gasteiger partial charge in [-0.3, -0.25) is 4.79 Å². The summed E-state index contributed by atoms with van der Waals surface area (Å²) in [5, 5.41) is 0.267. The van der Waals surface area contributed by atoms with Crippen molar-refractivity contribution in [3.05, 3.63) is 54.2 Å². The minimum absolute atomic E-state index is 0.227. The number of fused-ring (bicyclic) bond motifs is 1. The van der Waals surface area contributed by atoms with Gasteiger partial charge in [-0.25, -0.2) is 18.4 Å². The highest BCUT2D eigenvalue weighted by atomic mass is 32.2. The monoisotopic (exact) mass is 438 g/mol. The molecule has 0 atom stereocenters. The van der Waals surface area contributed by atoms with Crippen LogP contribution in [0.25, 0.3) is 10.9 Å². The molecule has 2 aromatic heterocycles. The minimum Gasteiger partial charge on any atom is -0.384 e. The van der Waals surface area contributed by atoms with Gasteiger partial charge in [-0.1, -0.05) is 12.1 Å². The second-order valence-electron chi connectivity index (χ2n) is 6.63. The maximum absolute atomic E-state index is 12.9. The summed E-state index contributed by atoms with van der Waals surface area (Å²) in [6.45, 7) is -0.310. The van der Waals surface area contributed by atoms with Gasteiger partial charge in [0.15, 0.2) is 14.9 Å². The Hall–Kier alpha value is -3.21. The van der Waals surface area contributed by atoms with Gasteiger partial charge in [0.05, 0.1) is 17.7 Å². The Balaban J connectivity index is 2.08. The highest BCUT2D eigenvalue weighted by molar-refractivity contribution is 7.90. The average molecular weight is 438 g/mol. The summed E-state index contributed by atoms with van der Waals surface area (Å²) in [6, 6.07) is 10.8. The summed E-state index contributed by atoms with van der Waals surface area (Å²) < 4.78 is 62.9. The number of nitrogen functional groups attached to an aromatic ring is 1. The number of benzene rings is 1. The highest BCUT2D eigenvalue weighted by Gasteiger charge is 2.35. The van der Waals surface area contributed by atoms with Crippen LogP contribution in [0.4, 0.5) is 24.7 Å². The molecule has 3 aromatic rings. The third-order valence-electron chi connectivity index (χ3n) is 4.16. The highest BCUT2D eigenvalue weighted by Crippen LogP contribution is 2.29. The number of halogens is 3. The SMILES string of the molecule is CS(=O)(=O)c1ncccc1N(Cc1ccc2ccc(N)nc2c1)C(=O)CC(F)(F)F. The molecule has 0 aliphatic heterocycles. The van der Waals surface area contributed by atoms with Gasteiger partial charge >= 0.3 is 6.18 Å². The van der Waals surface area contributed by atoms with Gasteiger partial charge in [0.1, 0.15) is 12.2 Å². The lowest BCUT2D eigenvalue weighted by Crippen LogP contribution is -2.35. The van der Waals surface area contributed by atoms with Crippen LogP contribution < -0.4 is 10.6 Å². The Morgan fingerprint density at radius 2 is 1.87 bits per heavy atom. The van der Waals surface area contributed by atoms with E-state index in [-0.39, 0.29) is 18.1 Å². The average Bonchev–Trinajstić information content (AvgIpc) is 2.63. The van der Waals surface area contributed by atoms with Crippen LogP contribution in [-0.4, -0.2) is 36.7 Å². The van der Waals surface area contributed by atoms with E-state index in [1.165, 1.54) is 18.3 Å². The Bertz CT molecular complexity index is 1210. The molecule has 0 unspecified atom stereocenters. The van der Waals surface area contributed by atoms with E-state index in [1.807, 2.05) is 0 Å². The number of amides is 1. The number of alkyl halides is 3. The van der Waals surface area contributed by atoms with Crippen LogP contribution in [-0.2, 0) is 21.2 Å².